The Bertz CT molecular complexity index is 606. The molecule has 0 saturated carbocycles. The lowest BCUT2D eigenvalue weighted by Crippen LogP contribution is -2.57. The highest BCUT2D eigenvalue weighted by atomic mass is 16.6. The minimum atomic E-state index is -1.60. The number of rotatable bonds is 3. The summed E-state index contributed by atoms with van der Waals surface area (Å²) in [6.07, 6.45) is -1.12. The fraction of sp³-hybridized carbons (Fsp3) is 0.556. The van der Waals surface area contributed by atoms with Gasteiger partial charge < -0.3 is 19.5 Å². The molecule has 1 aromatic carbocycles. The van der Waals surface area contributed by atoms with E-state index in [0.717, 1.165) is 5.56 Å². The molecule has 1 saturated heterocycles. The van der Waals surface area contributed by atoms with Gasteiger partial charge in [0.05, 0.1) is 13.2 Å². The quantitative estimate of drug-likeness (QED) is 0.860. The van der Waals surface area contributed by atoms with E-state index >= 15 is 0 Å². The number of benzene rings is 1. The molecule has 24 heavy (non-hydrogen) atoms. The topological polar surface area (TPSA) is 82.8 Å². The zero-order chi connectivity index (χ0) is 17.8. The zero-order valence-corrected chi connectivity index (χ0v) is 14.4. The third-order valence-electron chi connectivity index (χ3n) is 3.82. The monoisotopic (exact) mass is 332 g/mol. The van der Waals surface area contributed by atoms with E-state index in [-0.39, 0.29) is 26.1 Å². The lowest BCUT2D eigenvalue weighted by molar-refractivity contribution is -0.121. The molecule has 1 aliphatic heterocycles. The molecule has 6 heteroatoms. The van der Waals surface area contributed by atoms with Crippen molar-refractivity contribution in [1.29, 1.82) is 5.26 Å². The van der Waals surface area contributed by atoms with Gasteiger partial charge in [-0.05, 0) is 26.3 Å². The first-order valence-electron chi connectivity index (χ1n) is 8.00. The summed E-state index contributed by atoms with van der Waals surface area (Å²) in [6.45, 7) is 6.02. The van der Waals surface area contributed by atoms with Crippen molar-refractivity contribution in [1.82, 2.24) is 4.90 Å². The van der Waals surface area contributed by atoms with E-state index in [1.807, 2.05) is 36.4 Å². The number of amides is 1. The van der Waals surface area contributed by atoms with Crippen LogP contribution in [0.3, 0.4) is 0 Å². The Morgan fingerprint density at radius 1 is 1.42 bits per heavy atom. The Morgan fingerprint density at radius 2 is 2.08 bits per heavy atom. The summed E-state index contributed by atoms with van der Waals surface area (Å²) in [5.41, 5.74) is -1.26. The molecule has 1 aromatic rings. The van der Waals surface area contributed by atoms with Crippen LogP contribution < -0.4 is 0 Å². The molecule has 0 aromatic heterocycles. The number of hydrogen-bond acceptors (Lipinski definition) is 5. The fourth-order valence-electron chi connectivity index (χ4n) is 2.49. The average molecular weight is 332 g/mol. The highest BCUT2D eigenvalue weighted by molar-refractivity contribution is 5.68. The van der Waals surface area contributed by atoms with Crippen molar-refractivity contribution in [2.75, 3.05) is 13.1 Å². The van der Waals surface area contributed by atoms with Gasteiger partial charge >= 0.3 is 6.09 Å². The number of nitriles is 1. The van der Waals surface area contributed by atoms with E-state index < -0.39 is 23.4 Å². The molecule has 1 fully saturated rings. The standard InChI is InChI=1S/C18H24N2O4/c1-17(2,3)24-16(21)20-10-9-18(22,13-19)15(11-20)23-12-14-7-5-4-6-8-14/h4-8,15,22H,9-12H2,1-3H3. The summed E-state index contributed by atoms with van der Waals surface area (Å²) in [6, 6.07) is 11.4. The average Bonchev–Trinajstić information content (AvgIpc) is 2.53. The molecule has 2 atom stereocenters. The van der Waals surface area contributed by atoms with Gasteiger partial charge in [-0.2, -0.15) is 5.26 Å². The first-order valence-corrected chi connectivity index (χ1v) is 8.00. The van der Waals surface area contributed by atoms with Crippen molar-refractivity contribution in [3.8, 4) is 6.07 Å². The summed E-state index contributed by atoms with van der Waals surface area (Å²) in [5.74, 6) is 0. The highest BCUT2D eigenvalue weighted by Crippen LogP contribution is 2.26. The molecule has 0 bridgehead atoms. The molecule has 1 heterocycles. The first kappa shape index (κ1) is 18.2. The molecule has 2 unspecified atom stereocenters. The van der Waals surface area contributed by atoms with E-state index in [4.69, 9.17) is 9.47 Å². The van der Waals surface area contributed by atoms with Crippen LogP contribution in [0.1, 0.15) is 32.8 Å². The van der Waals surface area contributed by atoms with Gasteiger partial charge in [-0.3, -0.25) is 0 Å². The van der Waals surface area contributed by atoms with Crippen LogP contribution >= 0.6 is 0 Å². The molecule has 0 spiro atoms. The summed E-state index contributed by atoms with van der Waals surface area (Å²) >= 11 is 0. The van der Waals surface area contributed by atoms with Gasteiger partial charge in [-0.1, -0.05) is 30.3 Å². The molecule has 1 amide bonds. The van der Waals surface area contributed by atoms with Crippen LogP contribution in [0, 0.1) is 11.3 Å². The zero-order valence-electron chi connectivity index (χ0n) is 14.4. The molecule has 130 valence electrons. The van der Waals surface area contributed by atoms with Crippen LogP contribution in [0.2, 0.25) is 0 Å². The highest BCUT2D eigenvalue weighted by Gasteiger charge is 2.44. The van der Waals surface area contributed by atoms with E-state index in [1.54, 1.807) is 20.8 Å². The molecule has 2 rings (SSSR count). The normalized spacial score (nSPS) is 24.3. The largest absolute Gasteiger partial charge is 0.444 e. The summed E-state index contributed by atoms with van der Waals surface area (Å²) in [5, 5.41) is 19.8. The third-order valence-corrected chi connectivity index (χ3v) is 3.82. The van der Waals surface area contributed by atoms with Crippen LogP contribution in [0.25, 0.3) is 0 Å². The van der Waals surface area contributed by atoms with Crippen molar-refractivity contribution >= 4 is 6.09 Å². The number of carbonyl (C=O) groups excluding carboxylic acids is 1. The summed E-state index contributed by atoms with van der Waals surface area (Å²) < 4.78 is 11.1. The Morgan fingerprint density at radius 3 is 2.67 bits per heavy atom. The maximum atomic E-state index is 12.2. The Kier molecular flexibility index (Phi) is 5.47. The minimum Gasteiger partial charge on any atom is -0.444 e. The second kappa shape index (κ2) is 7.20. The third kappa shape index (κ3) is 4.70. The van der Waals surface area contributed by atoms with Crippen molar-refractivity contribution in [3.05, 3.63) is 35.9 Å². The van der Waals surface area contributed by atoms with E-state index in [2.05, 4.69) is 0 Å². The summed E-state index contributed by atoms with van der Waals surface area (Å²) in [4.78, 5) is 13.7. The van der Waals surface area contributed by atoms with Gasteiger partial charge in [0.2, 0.25) is 0 Å². The molecular weight excluding hydrogens is 308 g/mol. The number of piperidine rings is 1. The Hall–Kier alpha value is -2.10. The second-order valence-corrected chi connectivity index (χ2v) is 7.00. The maximum Gasteiger partial charge on any atom is 0.410 e. The van der Waals surface area contributed by atoms with Crippen LogP contribution in [0.5, 0.6) is 0 Å². The summed E-state index contributed by atoms with van der Waals surface area (Å²) in [7, 11) is 0. The van der Waals surface area contributed by atoms with Crippen LogP contribution in [-0.4, -0.2) is 46.5 Å². The smallest absolute Gasteiger partial charge is 0.410 e. The lowest BCUT2D eigenvalue weighted by Gasteiger charge is -2.40. The molecule has 0 aliphatic carbocycles. The number of aliphatic hydroxyl groups is 1. The number of carbonyl (C=O) groups is 1. The Balaban J connectivity index is 2.04. The molecule has 1 aliphatic rings. The van der Waals surface area contributed by atoms with E-state index in [9.17, 15) is 15.2 Å². The van der Waals surface area contributed by atoms with Gasteiger partial charge in [0.15, 0.2) is 5.60 Å². The van der Waals surface area contributed by atoms with Gasteiger partial charge in [0.1, 0.15) is 17.8 Å². The van der Waals surface area contributed by atoms with Gasteiger partial charge in [0.25, 0.3) is 0 Å². The predicted molar refractivity (Wildman–Crippen MR) is 88.0 cm³/mol. The minimum absolute atomic E-state index is 0.117. The van der Waals surface area contributed by atoms with E-state index in [0.29, 0.717) is 0 Å². The van der Waals surface area contributed by atoms with E-state index in [1.165, 1.54) is 4.90 Å². The maximum absolute atomic E-state index is 12.2. The molecule has 1 N–H and O–H groups in total. The molecule has 6 nitrogen and oxygen atoms in total. The number of nitrogens with zero attached hydrogens (tertiary/aromatic N) is 2. The van der Waals surface area contributed by atoms with Crippen molar-refractivity contribution in [2.45, 2.75) is 51.1 Å². The molecular formula is C18H24N2O4. The SMILES string of the molecule is CC(C)(C)OC(=O)N1CCC(O)(C#N)C(OCc2ccccc2)C1. The second-order valence-electron chi connectivity index (χ2n) is 7.00. The van der Waals surface area contributed by atoms with Crippen molar-refractivity contribution in [2.24, 2.45) is 0 Å². The van der Waals surface area contributed by atoms with Gasteiger partial charge in [0, 0.05) is 13.0 Å². The number of hydrogen-bond donors (Lipinski definition) is 1. The Labute approximate surface area is 142 Å². The molecule has 0 radical (unpaired) electrons. The van der Waals surface area contributed by atoms with Crippen molar-refractivity contribution in [3.63, 3.8) is 0 Å². The van der Waals surface area contributed by atoms with Gasteiger partial charge in [-0.15, -0.1) is 0 Å². The van der Waals surface area contributed by atoms with Crippen LogP contribution in [-0.2, 0) is 16.1 Å². The van der Waals surface area contributed by atoms with Gasteiger partial charge in [-0.25, -0.2) is 4.79 Å². The number of likely N-dealkylation sites (tertiary alicyclic amines) is 1. The predicted octanol–water partition coefficient (Wildman–Crippen LogP) is 2.47. The fourth-order valence-corrected chi connectivity index (χ4v) is 2.49. The number of ether oxygens (including phenoxy) is 2. The lowest BCUT2D eigenvalue weighted by atomic mass is 9.90. The van der Waals surface area contributed by atoms with Crippen molar-refractivity contribution < 1.29 is 19.4 Å². The van der Waals surface area contributed by atoms with Crippen LogP contribution in [0.4, 0.5) is 4.79 Å². The van der Waals surface area contributed by atoms with Crippen LogP contribution in [0.15, 0.2) is 30.3 Å². The first-order chi connectivity index (χ1) is 11.2.